The molecule has 11 rings (SSSR count). The zero-order valence-electron chi connectivity index (χ0n) is 34.7. The summed E-state index contributed by atoms with van der Waals surface area (Å²) in [4.78, 5) is 2.54. The van der Waals surface area contributed by atoms with Gasteiger partial charge in [-0.05, 0) is 121 Å². The van der Waals surface area contributed by atoms with Crippen molar-refractivity contribution in [1.29, 1.82) is 0 Å². The SMILES string of the molecule is CCCC1(CCC)c2cc(-n3c4ccc(C)cc4c4cc(C)ccc43)ccc2-c2c1cc(N(c1ccccc1)c1cccc3c4ccccc4n(C)c13)c1ccccc21. The molecule has 3 heteroatoms. The highest BCUT2D eigenvalue weighted by molar-refractivity contribution is 6.16. The third kappa shape index (κ3) is 5.13. The number of fused-ring (bicyclic) bond motifs is 11. The molecule has 0 bridgehead atoms. The van der Waals surface area contributed by atoms with Crippen LogP contribution in [0, 0.1) is 13.8 Å². The molecule has 0 N–H and O–H groups in total. The van der Waals surface area contributed by atoms with Crippen molar-refractivity contribution in [3.05, 3.63) is 180 Å². The van der Waals surface area contributed by atoms with Crippen LogP contribution in [0.5, 0.6) is 0 Å². The van der Waals surface area contributed by atoms with Crippen molar-refractivity contribution in [3.8, 4) is 16.8 Å². The molecule has 0 radical (unpaired) electrons. The molecule has 0 saturated heterocycles. The van der Waals surface area contributed by atoms with Crippen molar-refractivity contribution < 1.29 is 0 Å². The van der Waals surface area contributed by atoms with E-state index in [1.165, 1.54) is 105 Å². The molecular formula is C56H49N3. The Morgan fingerprint density at radius 1 is 0.492 bits per heavy atom. The number of anilines is 3. The molecule has 288 valence electrons. The molecular weight excluding hydrogens is 715 g/mol. The molecule has 10 aromatic rings. The minimum absolute atomic E-state index is 0.150. The quantitative estimate of drug-likeness (QED) is 0.150. The average Bonchev–Trinajstić information content (AvgIpc) is 3.84. The van der Waals surface area contributed by atoms with Gasteiger partial charge in [-0.1, -0.05) is 129 Å². The molecule has 2 heterocycles. The predicted molar refractivity (Wildman–Crippen MR) is 252 cm³/mol. The van der Waals surface area contributed by atoms with Crippen molar-refractivity contribution in [1.82, 2.24) is 9.13 Å². The fraction of sp³-hybridized carbons (Fsp3) is 0.179. The Morgan fingerprint density at radius 3 is 1.81 bits per heavy atom. The van der Waals surface area contributed by atoms with E-state index < -0.39 is 0 Å². The molecule has 0 fully saturated rings. The van der Waals surface area contributed by atoms with E-state index in [0.29, 0.717) is 0 Å². The molecule has 0 aliphatic heterocycles. The van der Waals surface area contributed by atoms with Crippen molar-refractivity contribution in [2.24, 2.45) is 7.05 Å². The third-order valence-corrected chi connectivity index (χ3v) is 13.4. The zero-order valence-corrected chi connectivity index (χ0v) is 34.7. The third-order valence-electron chi connectivity index (χ3n) is 13.4. The Hall–Kier alpha value is -6.58. The Kier molecular flexibility index (Phi) is 8.14. The second-order valence-electron chi connectivity index (χ2n) is 17.0. The van der Waals surface area contributed by atoms with E-state index in [9.17, 15) is 0 Å². The molecule has 0 atom stereocenters. The molecule has 0 amide bonds. The molecule has 3 nitrogen and oxygen atoms in total. The summed E-state index contributed by atoms with van der Waals surface area (Å²) in [6, 6.07) is 59.7. The number of benzene rings is 8. The van der Waals surface area contributed by atoms with Gasteiger partial charge in [-0.25, -0.2) is 0 Å². The Morgan fingerprint density at radius 2 is 1.12 bits per heavy atom. The average molecular weight is 764 g/mol. The molecule has 1 aliphatic rings. The molecule has 2 aromatic heterocycles. The van der Waals surface area contributed by atoms with Gasteiger partial charge in [-0.15, -0.1) is 0 Å². The first-order chi connectivity index (χ1) is 28.9. The van der Waals surface area contributed by atoms with Crippen LogP contribution in [0.4, 0.5) is 17.1 Å². The summed E-state index contributed by atoms with van der Waals surface area (Å²) in [5.41, 5.74) is 17.9. The van der Waals surface area contributed by atoms with E-state index in [1.54, 1.807) is 0 Å². The van der Waals surface area contributed by atoms with Gasteiger partial charge >= 0.3 is 0 Å². The van der Waals surface area contributed by atoms with Gasteiger partial charge in [-0.2, -0.15) is 0 Å². The summed E-state index contributed by atoms with van der Waals surface area (Å²) >= 11 is 0. The first-order valence-corrected chi connectivity index (χ1v) is 21.5. The maximum absolute atomic E-state index is 2.60. The van der Waals surface area contributed by atoms with Gasteiger partial charge in [0, 0.05) is 56.3 Å². The predicted octanol–water partition coefficient (Wildman–Crippen LogP) is 15.5. The van der Waals surface area contributed by atoms with Crippen molar-refractivity contribution >= 4 is 71.4 Å². The standard InChI is InChI=1S/C56H49N3/c1-6-30-56(31-7-2)47-34-39(59-50-28-24-36(3)32-45(50)46-33-37(4)25-29-51(46)59)26-27-44(47)54-42-20-12-11-18-40(42)53(35-48(54)56)58(38-16-9-8-10-17-38)52-23-15-21-43-41-19-13-14-22-49(41)57(5)55(43)52/h8-29,32-35H,6-7,30-31H2,1-5H3. The van der Waals surface area contributed by atoms with Gasteiger partial charge in [0.1, 0.15) is 0 Å². The normalized spacial score (nSPS) is 13.2. The van der Waals surface area contributed by atoms with E-state index in [1.807, 2.05) is 0 Å². The first kappa shape index (κ1) is 35.6. The van der Waals surface area contributed by atoms with Crippen LogP contribution in [-0.2, 0) is 12.5 Å². The number of aromatic nitrogens is 2. The summed E-state index contributed by atoms with van der Waals surface area (Å²) in [6.07, 6.45) is 4.35. The van der Waals surface area contributed by atoms with Crippen LogP contribution >= 0.6 is 0 Å². The summed E-state index contributed by atoms with van der Waals surface area (Å²) in [7, 11) is 2.22. The van der Waals surface area contributed by atoms with E-state index >= 15 is 0 Å². The summed E-state index contributed by atoms with van der Waals surface area (Å²) in [5.74, 6) is 0. The lowest BCUT2D eigenvalue weighted by Crippen LogP contribution is -2.25. The second kappa shape index (κ2) is 13.5. The van der Waals surface area contributed by atoms with Crippen LogP contribution in [0.3, 0.4) is 0 Å². The summed E-state index contributed by atoms with van der Waals surface area (Å²) < 4.78 is 4.90. The largest absolute Gasteiger partial charge is 0.342 e. The van der Waals surface area contributed by atoms with Crippen LogP contribution < -0.4 is 4.90 Å². The van der Waals surface area contributed by atoms with Crippen molar-refractivity contribution in [2.75, 3.05) is 4.90 Å². The topological polar surface area (TPSA) is 13.1 Å². The Balaban J connectivity index is 1.21. The minimum Gasteiger partial charge on any atom is -0.342 e. The minimum atomic E-state index is -0.150. The second-order valence-corrected chi connectivity index (χ2v) is 17.0. The number of rotatable bonds is 8. The number of hydrogen-bond acceptors (Lipinski definition) is 1. The van der Waals surface area contributed by atoms with Gasteiger partial charge in [-0.3, -0.25) is 0 Å². The van der Waals surface area contributed by atoms with Gasteiger partial charge in [0.05, 0.1) is 27.9 Å². The first-order valence-electron chi connectivity index (χ1n) is 21.5. The molecule has 0 saturated carbocycles. The fourth-order valence-electron chi connectivity index (χ4n) is 11.1. The van der Waals surface area contributed by atoms with Crippen molar-refractivity contribution in [3.63, 3.8) is 0 Å². The molecule has 8 aromatic carbocycles. The van der Waals surface area contributed by atoms with Crippen molar-refractivity contribution in [2.45, 2.75) is 58.8 Å². The van der Waals surface area contributed by atoms with Crippen LogP contribution in [-0.4, -0.2) is 9.13 Å². The number of para-hydroxylation sites is 3. The Labute approximate surface area is 346 Å². The highest BCUT2D eigenvalue weighted by Gasteiger charge is 2.44. The highest BCUT2D eigenvalue weighted by atomic mass is 15.2. The monoisotopic (exact) mass is 763 g/mol. The van der Waals surface area contributed by atoms with Crippen LogP contribution in [0.2, 0.25) is 0 Å². The van der Waals surface area contributed by atoms with Gasteiger partial charge in [0.25, 0.3) is 0 Å². The smallest absolute Gasteiger partial charge is 0.0733 e. The van der Waals surface area contributed by atoms with E-state index in [4.69, 9.17) is 0 Å². The lowest BCUT2D eigenvalue weighted by molar-refractivity contribution is 0.436. The summed E-state index contributed by atoms with van der Waals surface area (Å²) in [5, 5.41) is 7.77. The lowest BCUT2D eigenvalue weighted by atomic mass is 9.71. The van der Waals surface area contributed by atoms with Gasteiger partial charge in [0.2, 0.25) is 0 Å². The maximum atomic E-state index is 2.60. The Bertz CT molecular complexity index is 3220. The molecule has 0 unspecified atom stereocenters. The zero-order chi connectivity index (χ0) is 40.0. The highest BCUT2D eigenvalue weighted by Crippen LogP contribution is 2.59. The van der Waals surface area contributed by atoms with E-state index in [2.05, 4.69) is 207 Å². The molecule has 59 heavy (non-hydrogen) atoms. The number of aryl methyl sites for hydroxylation is 3. The van der Waals surface area contributed by atoms with Crippen LogP contribution in [0.1, 0.15) is 61.8 Å². The molecule has 1 aliphatic carbocycles. The maximum Gasteiger partial charge on any atom is 0.0733 e. The lowest BCUT2D eigenvalue weighted by Gasteiger charge is -2.34. The number of nitrogens with zero attached hydrogens (tertiary/aromatic N) is 3. The van der Waals surface area contributed by atoms with Crippen LogP contribution in [0.15, 0.2) is 158 Å². The number of hydrogen-bond donors (Lipinski definition) is 0. The van der Waals surface area contributed by atoms with Gasteiger partial charge < -0.3 is 14.0 Å². The van der Waals surface area contributed by atoms with Crippen LogP contribution in [0.25, 0.3) is 71.2 Å². The summed E-state index contributed by atoms with van der Waals surface area (Å²) in [6.45, 7) is 9.15. The van der Waals surface area contributed by atoms with E-state index in [0.717, 1.165) is 31.4 Å². The fourth-order valence-corrected chi connectivity index (χ4v) is 11.1. The van der Waals surface area contributed by atoms with E-state index in [-0.39, 0.29) is 5.41 Å². The van der Waals surface area contributed by atoms with Gasteiger partial charge in [0.15, 0.2) is 0 Å². The molecule has 0 spiro atoms.